The smallest absolute Gasteiger partial charge is 0.0650 e. The first kappa shape index (κ1) is 9.68. The van der Waals surface area contributed by atoms with Gasteiger partial charge in [-0.15, -0.1) is 0 Å². The standard InChI is InChI=1S/C10H17N3O/c1-8-5-9(13(2)12-8)6-10(11)3-4-14-7-10/h5H,3-4,6-7,11H2,1-2H3. The number of hydrogen-bond acceptors (Lipinski definition) is 3. The Labute approximate surface area is 84.0 Å². The molecule has 1 fully saturated rings. The van der Waals surface area contributed by atoms with Crippen LogP contribution in [0, 0.1) is 6.92 Å². The molecule has 1 aromatic rings. The quantitative estimate of drug-likeness (QED) is 0.742. The number of nitrogens with zero attached hydrogens (tertiary/aromatic N) is 2. The summed E-state index contributed by atoms with van der Waals surface area (Å²) in [5.41, 5.74) is 8.26. The average Bonchev–Trinajstić information content (AvgIpc) is 2.61. The van der Waals surface area contributed by atoms with Crippen molar-refractivity contribution in [2.75, 3.05) is 13.2 Å². The minimum Gasteiger partial charge on any atom is -0.379 e. The average molecular weight is 195 g/mol. The van der Waals surface area contributed by atoms with Crippen LogP contribution >= 0.6 is 0 Å². The van der Waals surface area contributed by atoms with Crippen LogP contribution in [0.5, 0.6) is 0 Å². The van der Waals surface area contributed by atoms with E-state index in [2.05, 4.69) is 11.2 Å². The lowest BCUT2D eigenvalue weighted by atomic mass is 9.94. The van der Waals surface area contributed by atoms with Gasteiger partial charge in [0.25, 0.3) is 0 Å². The SMILES string of the molecule is Cc1cc(CC2(N)CCOC2)n(C)n1. The molecule has 0 aliphatic carbocycles. The number of rotatable bonds is 2. The van der Waals surface area contributed by atoms with Gasteiger partial charge in [0.15, 0.2) is 0 Å². The zero-order chi connectivity index (χ0) is 10.2. The molecule has 1 aliphatic heterocycles. The molecule has 78 valence electrons. The van der Waals surface area contributed by atoms with Gasteiger partial charge in [-0.25, -0.2) is 0 Å². The van der Waals surface area contributed by atoms with E-state index in [1.807, 2.05) is 18.7 Å². The molecule has 0 radical (unpaired) electrons. The maximum Gasteiger partial charge on any atom is 0.0650 e. The Morgan fingerprint density at radius 3 is 3.00 bits per heavy atom. The number of nitrogens with two attached hydrogens (primary N) is 1. The molecule has 1 saturated heterocycles. The highest BCUT2D eigenvalue weighted by molar-refractivity contribution is 5.13. The predicted molar refractivity (Wildman–Crippen MR) is 54.0 cm³/mol. The van der Waals surface area contributed by atoms with Crippen molar-refractivity contribution in [3.63, 3.8) is 0 Å². The van der Waals surface area contributed by atoms with Crippen molar-refractivity contribution < 1.29 is 4.74 Å². The molecular weight excluding hydrogens is 178 g/mol. The zero-order valence-electron chi connectivity index (χ0n) is 8.79. The molecule has 0 spiro atoms. The van der Waals surface area contributed by atoms with E-state index >= 15 is 0 Å². The highest BCUT2D eigenvalue weighted by Gasteiger charge is 2.31. The van der Waals surface area contributed by atoms with E-state index in [1.54, 1.807) is 0 Å². The molecule has 2 heterocycles. The number of ether oxygens (including phenoxy) is 1. The van der Waals surface area contributed by atoms with Gasteiger partial charge < -0.3 is 10.5 Å². The predicted octanol–water partition coefficient (Wildman–Crippen LogP) is 0.389. The normalized spacial score (nSPS) is 27.1. The highest BCUT2D eigenvalue weighted by atomic mass is 16.5. The first-order valence-electron chi connectivity index (χ1n) is 4.95. The van der Waals surface area contributed by atoms with Gasteiger partial charge in [0, 0.05) is 31.3 Å². The summed E-state index contributed by atoms with van der Waals surface area (Å²) in [6, 6.07) is 2.09. The van der Waals surface area contributed by atoms with Gasteiger partial charge in [0.2, 0.25) is 0 Å². The molecule has 2 N–H and O–H groups in total. The Bertz CT molecular complexity index is 326. The van der Waals surface area contributed by atoms with E-state index < -0.39 is 0 Å². The van der Waals surface area contributed by atoms with E-state index in [0.717, 1.165) is 25.1 Å². The molecule has 0 aromatic carbocycles. The largest absolute Gasteiger partial charge is 0.379 e. The Morgan fingerprint density at radius 1 is 1.71 bits per heavy atom. The second kappa shape index (κ2) is 3.37. The van der Waals surface area contributed by atoms with Crippen molar-refractivity contribution in [2.24, 2.45) is 12.8 Å². The third-order valence-corrected chi connectivity index (χ3v) is 2.77. The van der Waals surface area contributed by atoms with Crippen LogP contribution < -0.4 is 5.73 Å². The zero-order valence-corrected chi connectivity index (χ0v) is 8.79. The first-order valence-corrected chi connectivity index (χ1v) is 4.95. The van der Waals surface area contributed by atoms with Gasteiger partial charge in [-0.2, -0.15) is 5.10 Å². The number of hydrogen-bond donors (Lipinski definition) is 1. The van der Waals surface area contributed by atoms with Gasteiger partial charge in [-0.1, -0.05) is 0 Å². The minimum absolute atomic E-state index is 0.180. The Morgan fingerprint density at radius 2 is 2.50 bits per heavy atom. The van der Waals surface area contributed by atoms with Crippen molar-refractivity contribution >= 4 is 0 Å². The van der Waals surface area contributed by atoms with Crippen molar-refractivity contribution in [3.05, 3.63) is 17.5 Å². The molecule has 1 aliphatic rings. The highest BCUT2D eigenvalue weighted by Crippen LogP contribution is 2.20. The van der Waals surface area contributed by atoms with Crippen LogP contribution in [-0.4, -0.2) is 28.5 Å². The van der Waals surface area contributed by atoms with E-state index in [-0.39, 0.29) is 5.54 Å². The van der Waals surface area contributed by atoms with Crippen molar-refractivity contribution in [3.8, 4) is 0 Å². The number of aryl methyl sites for hydroxylation is 2. The second-order valence-corrected chi connectivity index (χ2v) is 4.24. The molecule has 0 amide bonds. The lowest BCUT2D eigenvalue weighted by Gasteiger charge is -2.21. The summed E-state index contributed by atoms with van der Waals surface area (Å²) >= 11 is 0. The second-order valence-electron chi connectivity index (χ2n) is 4.24. The molecule has 14 heavy (non-hydrogen) atoms. The van der Waals surface area contributed by atoms with E-state index in [0.29, 0.717) is 6.61 Å². The molecule has 4 heteroatoms. The molecule has 1 atom stereocenters. The van der Waals surface area contributed by atoms with Crippen LogP contribution in [0.2, 0.25) is 0 Å². The molecule has 4 nitrogen and oxygen atoms in total. The lowest BCUT2D eigenvalue weighted by molar-refractivity contribution is 0.177. The summed E-state index contributed by atoms with van der Waals surface area (Å²) in [7, 11) is 1.96. The molecule has 1 aromatic heterocycles. The van der Waals surface area contributed by atoms with Gasteiger partial charge in [0.05, 0.1) is 12.3 Å². The Kier molecular flexibility index (Phi) is 2.33. The summed E-state index contributed by atoms with van der Waals surface area (Å²) in [5, 5.41) is 4.30. The van der Waals surface area contributed by atoms with Crippen LogP contribution in [0.4, 0.5) is 0 Å². The Balaban J connectivity index is 2.13. The molecule has 1 unspecified atom stereocenters. The fourth-order valence-corrected chi connectivity index (χ4v) is 1.95. The van der Waals surface area contributed by atoms with Crippen LogP contribution in [0.15, 0.2) is 6.07 Å². The minimum atomic E-state index is -0.180. The summed E-state index contributed by atoms with van der Waals surface area (Å²) in [6.07, 6.45) is 1.79. The third kappa shape index (κ3) is 1.81. The fraction of sp³-hybridized carbons (Fsp3) is 0.700. The van der Waals surface area contributed by atoms with Crippen molar-refractivity contribution in [1.29, 1.82) is 0 Å². The third-order valence-electron chi connectivity index (χ3n) is 2.77. The van der Waals surface area contributed by atoms with Gasteiger partial charge in [-0.05, 0) is 19.4 Å². The molecular formula is C10H17N3O. The van der Waals surface area contributed by atoms with Crippen molar-refractivity contribution in [1.82, 2.24) is 9.78 Å². The maximum atomic E-state index is 6.20. The van der Waals surface area contributed by atoms with Gasteiger partial charge >= 0.3 is 0 Å². The van der Waals surface area contributed by atoms with Crippen LogP contribution in [-0.2, 0) is 18.2 Å². The summed E-state index contributed by atoms with van der Waals surface area (Å²) < 4.78 is 7.23. The van der Waals surface area contributed by atoms with Crippen LogP contribution in [0.1, 0.15) is 17.8 Å². The number of aromatic nitrogens is 2. The topological polar surface area (TPSA) is 53.1 Å². The van der Waals surface area contributed by atoms with Crippen LogP contribution in [0.3, 0.4) is 0 Å². The van der Waals surface area contributed by atoms with Gasteiger partial charge in [0.1, 0.15) is 0 Å². The van der Waals surface area contributed by atoms with Crippen molar-refractivity contribution in [2.45, 2.75) is 25.3 Å². The fourth-order valence-electron chi connectivity index (χ4n) is 1.95. The van der Waals surface area contributed by atoms with Crippen LogP contribution in [0.25, 0.3) is 0 Å². The monoisotopic (exact) mass is 195 g/mol. The first-order chi connectivity index (χ1) is 6.59. The molecule has 0 bridgehead atoms. The Hall–Kier alpha value is -0.870. The van der Waals surface area contributed by atoms with Gasteiger partial charge in [-0.3, -0.25) is 4.68 Å². The van der Waals surface area contributed by atoms with E-state index in [4.69, 9.17) is 10.5 Å². The van der Waals surface area contributed by atoms with E-state index in [9.17, 15) is 0 Å². The maximum absolute atomic E-state index is 6.20. The van der Waals surface area contributed by atoms with E-state index in [1.165, 1.54) is 5.69 Å². The lowest BCUT2D eigenvalue weighted by Crippen LogP contribution is -2.43. The molecule has 2 rings (SSSR count). The molecule has 0 saturated carbocycles. The summed E-state index contributed by atoms with van der Waals surface area (Å²) in [6.45, 7) is 3.45. The summed E-state index contributed by atoms with van der Waals surface area (Å²) in [4.78, 5) is 0. The summed E-state index contributed by atoms with van der Waals surface area (Å²) in [5.74, 6) is 0.